The smallest absolute Gasteiger partial charge is 0.255 e. The molecule has 0 bridgehead atoms. The van der Waals surface area contributed by atoms with Crippen molar-refractivity contribution in [3.05, 3.63) is 35.5 Å². The average Bonchev–Trinajstić information content (AvgIpc) is 3.16. The lowest BCUT2D eigenvalue weighted by Crippen LogP contribution is -2.41. The van der Waals surface area contributed by atoms with E-state index in [0.717, 1.165) is 31.0 Å². The van der Waals surface area contributed by atoms with Gasteiger partial charge in [-0.05, 0) is 18.9 Å². The Morgan fingerprint density at radius 3 is 2.71 bits per heavy atom. The van der Waals surface area contributed by atoms with Crippen LogP contribution in [0.2, 0.25) is 0 Å². The second-order valence-electron chi connectivity index (χ2n) is 7.25. The molecule has 0 spiro atoms. The Labute approximate surface area is 163 Å². The molecule has 2 aliphatic rings. The standard InChI is InChI=1S/C19H24N6O3/c1-13(26)23-7-3-4-15(11-23)18-22-21-16-12-24(8-9-25(16)18)19(27)14-5-6-17(28-2)20-10-14/h5-6,10,15H,3-4,7-9,11-12H2,1-2H3. The van der Waals surface area contributed by atoms with Crippen molar-refractivity contribution >= 4 is 11.8 Å². The summed E-state index contributed by atoms with van der Waals surface area (Å²) in [5, 5.41) is 8.75. The lowest BCUT2D eigenvalue weighted by molar-refractivity contribution is -0.130. The second kappa shape index (κ2) is 7.57. The molecule has 28 heavy (non-hydrogen) atoms. The van der Waals surface area contributed by atoms with E-state index < -0.39 is 0 Å². The lowest BCUT2D eigenvalue weighted by atomic mass is 9.97. The van der Waals surface area contributed by atoms with Gasteiger partial charge < -0.3 is 19.1 Å². The lowest BCUT2D eigenvalue weighted by Gasteiger charge is -2.33. The first kappa shape index (κ1) is 18.4. The van der Waals surface area contributed by atoms with Crippen LogP contribution in [0.5, 0.6) is 5.88 Å². The van der Waals surface area contributed by atoms with Crippen molar-refractivity contribution in [2.75, 3.05) is 26.7 Å². The van der Waals surface area contributed by atoms with Crippen LogP contribution in [0.1, 0.15) is 47.7 Å². The normalized spacial score (nSPS) is 19.3. The van der Waals surface area contributed by atoms with Gasteiger partial charge in [0.25, 0.3) is 5.91 Å². The highest BCUT2D eigenvalue weighted by molar-refractivity contribution is 5.94. The number of carbonyl (C=O) groups excluding carboxylic acids is 2. The maximum Gasteiger partial charge on any atom is 0.255 e. The first-order valence-corrected chi connectivity index (χ1v) is 9.53. The quantitative estimate of drug-likeness (QED) is 0.786. The molecular weight excluding hydrogens is 360 g/mol. The predicted octanol–water partition coefficient (Wildman–Crippen LogP) is 1.06. The molecule has 148 valence electrons. The summed E-state index contributed by atoms with van der Waals surface area (Å²) in [6.45, 7) is 4.77. The molecule has 2 aromatic rings. The fourth-order valence-corrected chi connectivity index (χ4v) is 3.94. The number of amides is 2. The molecule has 1 atom stereocenters. The molecule has 2 aromatic heterocycles. The Hall–Kier alpha value is -2.97. The Bertz CT molecular complexity index is 878. The van der Waals surface area contributed by atoms with E-state index in [2.05, 4.69) is 19.7 Å². The number of methoxy groups -OCH3 is 1. The van der Waals surface area contributed by atoms with Crippen molar-refractivity contribution in [3.63, 3.8) is 0 Å². The maximum absolute atomic E-state index is 12.8. The summed E-state index contributed by atoms with van der Waals surface area (Å²) in [6.07, 6.45) is 3.51. The summed E-state index contributed by atoms with van der Waals surface area (Å²) in [4.78, 5) is 32.3. The van der Waals surface area contributed by atoms with Crippen LogP contribution in [-0.2, 0) is 17.9 Å². The number of fused-ring (bicyclic) bond motifs is 1. The Morgan fingerprint density at radius 2 is 2.00 bits per heavy atom. The van der Waals surface area contributed by atoms with Gasteiger partial charge in [0.1, 0.15) is 5.82 Å². The number of pyridine rings is 1. The van der Waals surface area contributed by atoms with Gasteiger partial charge in [-0.1, -0.05) is 0 Å². The van der Waals surface area contributed by atoms with Crippen LogP contribution in [0.25, 0.3) is 0 Å². The van der Waals surface area contributed by atoms with Crippen molar-refractivity contribution in [1.29, 1.82) is 0 Å². The van der Waals surface area contributed by atoms with Crippen LogP contribution in [-0.4, -0.2) is 68.1 Å². The second-order valence-corrected chi connectivity index (χ2v) is 7.25. The highest BCUT2D eigenvalue weighted by Crippen LogP contribution is 2.28. The van der Waals surface area contributed by atoms with Crippen LogP contribution in [0.4, 0.5) is 0 Å². The van der Waals surface area contributed by atoms with Gasteiger partial charge in [0.05, 0.1) is 19.2 Å². The largest absolute Gasteiger partial charge is 0.481 e. The van der Waals surface area contributed by atoms with E-state index in [4.69, 9.17) is 4.74 Å². The first-order valence-electron chi connectivity index (χ1n) is 9.53. The van der Waals surface area contributed by atoms with Gasteiger partial charge in [0.2, 0.25) is 11.8 Å². The molecule has 0 aliphatic carbocycles. The van der Waals surface area contributed by atoms with Gasteiger partial charge in [-0.15, -0.1) is 10.2 Å². The van der Waals surface area contributed by atoms with Gasteiger partial charge in [0, 0.05) is 51.3 Å². The van der Waals surface area contributed by atoms with E-state index in [1.54, 1.807) is 31.1 Å². The number of likely N-dealkylation sites (tertiary alicyclic amines) is 1. The van der Waals surface area contributed by atoms with Gasteiger partial charge in [0.15, 0.2) is 5.82 Å². The van der Waals surface area contributed by atoms with Crippen LogP contribution < -0.4 is 4.74 Å². The molecule has 0 saturated carbocycles. The third kappa shape index (κ3) is 3.44. The third-order valence-corrected chi connectivity index (χ3v) is 5.49. The SMILES string of the molecule is COc1ccc(C(=O)N2CCn3c(nnc3C3CCCN(C(C)=O)C3)C2)cn1. The zero-order chi connectivity index (χ0) is 19.7. The molecule has 4 rings (SSSR count). The van der Waals surface area contributed by atoms with Crippen molar-refractivity contribution in [2.45, 2.75) is 38.8 Å². The van der Waals surface area contributed by atoms with E-state index in [-0.39, 0.29) is 17.7 Å². The minimum absolute atomic E-state index is 0.0774. The Morgan fingerprint density at radius 1 is 1.14 bits per heavy atom. The number of hydrogen-bond donors (Lipinski definition) is 0. The number of hydrogen-bond acceptors (Lipinski definition) is 6. The van der Waals surface area contributed by atoms with Gasteiger partial charge >= 0.3 is 0 Å². The van der Waals surface area contributed by atoms with Crippen LogP contribution in [0.3, 0.4) is 0 Å². The van der Waals surface area contributed by atoms with Crippen LogP contribution >= 0.6 is 0 Å². The summed E-state index contributed by atoms with van der Waals surface area (Å²) in [5.74, 6) is 2.42. The molecule has 0 radical (unpaired) electrons. The zero-order valence-corrected chi connectivity index (χ0v) is 16.2. The Balaban J connectivity index is 1.48. The number of ether oxygens (including phenoxy) is 1. The number of nitrogens with zero attached hydrogens (tertiary/aromatic N) is 6. The molecule has 0 aromatic carbocycles. The molecule has 1 saturated heterocycles. The van der Waals surface area contributed by atoms with Crippen LogP contribution in [0.15, 0.2) is 18.3 Å². The van der Waals surface area contributed by atoms with E-state index in [1.165, 1.54) is 6.20 Å². The summed E-state index contributed by atoms with van der Waals surface area (Å²) in [6, 6.07) is 3.40. The topological polar surface area (TPSA) is 93.5 Å². The highest BCUT2D eigenvalue weighted by Gasteiger charge is 2.31. The van der Waals surface area contributed by atoms with Crippen molar-refractivity contribution in [1.82, 2.24) is 29.5 Å². The summed E-state index contributed by atoms with van der Waals surface area (Å²) < 4.78 is 7.16. The molecular formula is C19H24N6O3. The van der Waals surface area contributed by atoms with Gasteiger partial charge in [-0.25, -0.2) is 4.98 Å². The highest BCUT2D eigenvalue weighted by atomic mass is 16.5. The Kier molecular flexibility index (Phi) is 4.97. The molecule has 1 unspecified atom stereocenters. The van der Waals surface area contributed by atoms with Crippen molar-refractivity contribution in [3.8, 4) is 5.88 Å². The fraction of sp³-hybridized carbons (Fsp3) is 0.526. The zero-order valence-electron chi connectivity index (χ0n) is 16.2. The van der Waals surface area contributed by atoms with Gasteiger partial charge in [-0.2, -0.15) is 0 Å². The van der Waals surface area contributed by atoms with Crippen LogP contribution in [0, 0.1) is 0 Å². The van der Waals surface area contributed by atoms with Gasteiger partial charge in [-0.3, -0.25) is 9.59 Å². The minimum atomic E-state index is -0.0774. The summed E-state index contributed by atoms with van der Waals surface area (Å²) >= 11 is 0. The molecule has 4 heterocycles. The van der Waals surface area contributed by atoms with E-state index in [9.17, 15) is 9.59 Å². The maximum atomic E-state index is 12.8. The fourth-order valence-electron chi connectivity index (χ4n) is 3.94. The minimum Gasteiger partial charge on any atom is -0.481 e. The average molecular weight is 384 g/mol. The summed E-state index contributed by atoms with van der Waals surface area (Å²) in [5.41, 5.74) is 0.526. The van der Waals surface area contributed by atoms with Crippen molar-refractivity contribution in [2.24, 2.45) is 0 Å². The first-order chi connectivity index (χ1) is 13.6. The van der Waals surface area contributed by atoms with Crippen molar-refractivity contribution < 1.29 is 14.3 Å². The predicted molar refractivity (Wildman–Crippen MR) is 99.8 cm³/mol. The molecule has 0 N–H and O–H groups in total. The number of piperidine rings is 1. The number of carbonyl (C=O) groups is 2. The summed E-state index contributed by atoms with van der Waals surface area (Å²) in [7, 11) is 1.54. The van der Waals surface area contributed by atoms with E-state index in [0.29, 0.717) is 37.6 Å². The molecule has 2 aliphatic heterocycles. The molecule has 9 nitrogen and oxygen atoms in total. The van der Waals surface area contributed by atoms with E-state index >= 15 is 0 Å². The molecule has 9 heteroatoms. The third-order valence-electron chi connectivity index (χ3n) is 5.49. The number of rotatable bonds is 3. The monoisotopic (exact) mass is 384 g/mol. The van der Waals surface area contributed by atoms with E-state index in [1.807, 2.05) is 4.90 Å². The molecule has 1 fully saturated rings. The molecule has 2 amide bonds. The number of aromatic nitrogens is 4.